The van der Waals surface area contributed by atoms with Gasteiger partial charge in [-0.2, -0.15) is 0 Å². The molecule has 0 aliphatic carbocycles. The van der Waals surface area contributed by atoms with Crippen molar-refractivity contribution >= 4 is 0 Å². The molecule has 2 aromatic heterocycles. The highest BCUT2D eigenvalue weighted by Gasteiger charge is 2.06. The average molecular weight is 175 g/mol. The van der Waals surface area contributed by atoms with Crippen molar-refractivity contribution in [2.75, 3.05) is 0 Å². The first-order chi connectivity index (χ1) is 6.25. The van der Waals surface area contributed by atoms with E-state index in [-0.39, 0.29) is 0 Å². The van der Waals surface area contributed by atoms with Crippen LogP contribution in [0.1, 0.15) is 5.69 Å². The summed E-state index contributed by atoms with van der Waals surface area (Å²) in [6.07, 6.45) is 5.60. The Balaban J connectivity index is 2.46. The Hall–Kier alpha value is -1.64. The van der Waals surface area contributed by atoms with E-state index in [2.05, 4.69) is 4.98 Å². The summed E-state index contributed by atoms with van der Waals surface area (Å²) in [5.41, 5.74) is 1.90. The second-order valence-corrected chi connectivity index (χ2v) is 3.05. The zero-order valence-corrected chi connectivity index (χ0v) is 7.69. The van der Waals surface area contributed by atoms with E-state index < -0.39 is 0 Å². The normalized spacial score (nSPS) is 10.3. The molecule has 0 spiro atoms. The van der Waals surface area contributed by atoms with Gasteiger partial charge < -0.3 is 4.42 Å². The standard InChI is InChI=1S/C10H11N2O/c1-8-7-13-10(11-8)9-4-3-5-12(2)6-9/h3-7H,1-2H3/q+1. The zero-order valence-electron chi connectivity index (χ0n) is 7.69. The summed E-state index contributed by atoms with van der Waals surface area (Å²) in [5.74, 6) is 0.675. The number of hydrogen-bond acceptors (Lipinski definition) is 2. The van der Waals surface area contributed by atoms with Crippen LogP contribution in [0.15, 0.2) is 35.2 Å². The van der Waals surface area contributed by atoms with Crippen LogP contribution in [0.5, 0.6) is 0 Å². The molecule has 2 rings (SSSR count). The largest absolute Gasteiger partial charge is 0.444 e. The summed E-state index contributed by atoms with van der Waals surface area (Å²) >= 11 is 0. The van der Waals surface area contributed by atoms with Crippen molar-refractivity contribution < 1.29 is 8.98 Å². The Morgan fingerprint density at radius 1 is 1.46 bits per heavy atom. The van der Waals surface area contributed by atoms with E-state index in [9.17, 15) is 0 Å². The van der Waals surface area contributed by atoms with E-state index in [4.69, 9.17) is 4.42 Å². The third-order valence-electron chi connectivity index (χ3n) is 1.81. The van der Waals surface area contributed by atoms with Crippen molar-refractivity contribution in [1.82, 2.24) is 4.98 Å². The Morgan fingerprint density at radius 2 is 2.31 bits per heavy atom. The van der Waals surface area contributed by atoms with Gasteiger partial charge in [-0.1, -0.05) is 0 Å². The lowest BCUT2D eigenvalue weighted by Gasteiger charge is -1.91. The molecule has 0 N–H and O–H groups in total. The van der Waals surface area contributed by atoms with Gasteiger partial charge in [0.15, 0.2) is 12.4 Å². The fraction of sp³-hybridized carbons (Fsp3) is 0.200. The van der Waals surface area contributed by atoms with Crippen LogP contribution in [0.4, 0.5) is 0 Å². The van der Waals surface area contributed by atoms with Gasteiger partial charge in [0, 0.05) is 6.07 Å². The lowest BCUT2D eigenvalue weighted by Crippen LogP contribution is -2.26. The number of aryl methyl sites for hydroxylation is 2. The monoisotopic (exact) mass is 175 g/mol. The molecule has 13 heavy (non-hydrogen) atoms. The number of oxazole rings is 1. The molecule has 0 radical (unpaired) electrons. The Labute approximate surface area is 76.7 Å². The smallest absolute Gasteiger partial charge is 0.232 e. The minimum Gasteiger partial charge on any atom is -0.444 e. The maximum absolute atomic E-state index is 5.28. The van der Waals surface area contributed by atoms with Crippen LogP contribution in [0.25, 0.3) is 11.5 Å². The fourth-order valence-corrected chi connectivity index (χ4v) is 1.20. The van der Waals surface area contributed by atoms with E-state index in [0.717, 1.165) is 11.3 Å². The predicted molar refractivity (Wildman–Crippen MR) is 47.9 cm³/mol. The molecular formula is C10H11N2O+. The number of pyridine rings is 1. The predicted octanol–water partition coefficient (Wildman–Crippen LogP) is 1.47. The molecular weight excluding hydrogens is 164 g/mol. The molecule has 0 unspecified atom stereocenters. The molecule has 2 heterocycles. The first-order valence-corrected chi connectivity index (χ1v) is 4.13. The molecule has 3 heteroatoms. The van der Waals surface area contributed by atoms with Crippen molar-refractivity contribution in [1.29, 1.82) is 0 Å². The quantitative estimate of drug-likeness (QED) is 0.614. The summed E-state index contributed by atoms with van der Waals surface area (Å²) in [5, 5.41) is 0. The number of aromatic nitrogens is 2. The average Bonchev–Trinajstić information content (AvgIpc) is 2.52. The Morgan fingerprint density at radius 3 is 2.92 bits per heavy atom. The van der Waals surface area contributed by atoms with Gasteiger partial charge in [0.25, 0.3) is 0 Å². The van der Waals surface area contributed by atoms with Gasteiger partial charge in [-0.05, 0) is 13.0 Å². The van der Waals surface area contributed by atoms with E-state index in [1.54, 1.807) is 6.26 Å². The summed E-state index contributed by atoms with van der Waals surface area (Å²) < 4.78 is 7.25. The maximum Gasteiger partial charge on any atom is 0.232 e. The molecule has 0 amide bonds. The van der Waals surface area contributed by atoms with Crippen LogP contribution < -0.4 is 4.57 Å². The highest BCUT2D eigenvalue weighted by atomic mass is 16.3. The molecule has 0 bridgehead atoms. The molecule has 0 aliphatic rings. The third kappa shape index (κ3) is 1.59. The number of hydrogen-bond donors (Lipinski definition) is 0. The summed E-state index contributed by atoms with van der Waals surface area (Å²) in [7, 11) is 1.97. The highest BCUT2D eigenvalue weighted by Crippen LogP contribution is 2.15. The van der Waals surface area contributed by atoms with E-state index in [1.165, 1.54) is 0 Å². The molecule has 0 saturated heterocycles. The molecule has 0 aromatic carbocycles. The van der Waals surface area contributed by atoms with Crippen molar-refractivity contribution in [3.8, 4) is 11.5 Å². The fourth-order valence-electron chi connectivity index (χ4n) is 1.20. The first kappa shape index (κ1) is 7.98. The molecule has 0 atom stereocenters. The van der Waals surface area contributed by atoms with E-state index in [1.807, 2.05) is 43.1 Å². The van der Waals surface area contributed by atoms with Crippen molar-refractivity contribution in [3.05, 3.63) is 36.5 Å². The second kappa shape index (κ2) is 3.01. The van der Waals surface area contributed by atoms with Crippen molar-refractivity contribution in [3.63, 3.8) is 0 Å². The van der Waals surface area contributed by atoms with Crippen LogP contribution in [-0.4, -0.2) is 4.98 Å². The first-order valence-electron chi connectivity index (χ1n) is 4.13. The molecule has 2 aromatic rings. The molecule has 3 nitrogen and oxygen atoms in total. The Bertz CT molecular complexity index is 420. The molecule has 0 saturated carbocycles. The van der Waals surface area contributed by atoms with Crippen molar-refractivity contribution in [2.24, 2.45) is 7.05 Å². The summed E-state index contributed by atoms with van der Waals surface area (Å²) in [6, 6.07) is 3.94. The minimum atomic E-state index is 0.675. The van der Waals surface area contributed by atoms with Crippen LogP contribution >= 0.6 is 0 Å². The highest BCUT2D eigenvalue weighted by molar-refractivity contribution is 5.49. The lowest BCUT2D eigenvalue weighted by molar-refractivity contribution is -0.671. The van der Waals surface area contributed by atoms with Gasteiger partial charge >= 0.3 is 0 Å². The summed E-state index contributed by atoms with van der Waals surface area (Å²) in [6.45, 7) is 1.91. The van der Waals surface area contributed by atoms with Crippen LogP contribution in [-0.2, 0) is 7.05 Å². The second-order valence-electron chi connectivity index (χ2n) is 3.05. The molecule has 66 valence electrons. The molecule has 0 aliphatic heterocycles. The van der Waals surface area contributed by atoms with Gasteiger partial charge in [0.1, 0.15) is 18.9 Å². The maximum atomic E-state index is 5.28. The number of rotatable bonds is 1. The van der Waals surface area contributed by atoms with Crippen LogP contribution in [0.2, 0.25) is 0 Å². The van der Waals surface area contributed by atoms with Gasteiger partial charge in [-0.3, -0.25) is 0 Å². The van der Waals surface area contributed by atoms with Gasteiger partial charge in [-0.25, -0.2) is 9.55 Å². The topological polar surface area (TPSA) is 29.9 Å². The Kier molecular flexibility index (Phi) is 1.85. The SMILES string of the molecule is Cc1coc(-c2ccc[n+](C)c2)n1. The lowest BCUT2D eigenvalue weighted by atomic mass is 10.3. The summed E-state index contributed by atoms with van der Waals surface area (Å²) in [4.78, 5) is 4.24. The van der Waals surface area contributed by atoms with E-state index in [0.29, 0.717) is 5.89 Å². The third-order valence-corrected chi connectivity index (χ3v) is 1.81. The van der Waals surface area contributed by atoms with Gasteiger partial charge in [0.05, 0.1) is 5.69 Å². The molecule has 0 fully saturated rings. The van der Waals surface area contributed by atoms with Gasteiger partial charge in [-0.15, -0.1) is 0 Å². The van der Waals surface area contributed by atoms with Crippen LogP contribution in [0.3, 0.4) is 0 Å². The zero-order chi connectivity index (χ0) is 9.26. The number of nitrogens with zero attached hydrogens (tertiary/aromatic N) is 2. The van der Waals surface area contributed by atoms with Gasteiger partial charge in [0.2, 0.25) is 5.89 Å². The van der Waals surface area contributed by atoms with E-state index >= 15 is 0 Å². The van der Waals surface area contributed by atoms with Crippen molar-refractivity contribution in [2.45, 2.75) is 6.92 Å². The van der Waals surface area contributed by atoms with Crippen LogP contribution in [0, 0.1) is 6.92 Å². The minimum absolute atomic E-state index is 0.675.